The fourth-order valence-corrected chi connectivity index (χ4v) is 3.62. The Morgan fingerprint density at radius 1 is 0.931 bits per heavy atom. The largest absolute Gasteiger partial charge is 0.377 e. The molecule has 3 aromatic rings. The van der Waals surface area contributed by atoms with E-state index in [2.05, 4.69) is 109 Å². The average molecular weight is 385 g/mol. The van der Waals surface area contributed by atoms with Crippen LogP contribution in [0.2, 0.25) is 0 Å². The normalized spacial score (nSPS) is 12.3. The summed E-state index contributed by atoms with van der Waals surface area (Å²) >= 11 is 0. The van der Waals surface area contributed by atoms with Crippen LogP contribution in [0.3, 0.4) is 0 Å². The highest BCUT2D eigenvalue weighted by molar-refractivity contribution is 5.86. The molecule has 0 aliphatic heterocycles. The second-order valence-corrected chi connectivity index (χ2v) is 7.43. The van der Waals surface area contributed by atoms with E-state index in [-0.39, 0.29) is 0 Å². The molecule has 0 fully saturated rings. The molecule has 3 rings (SSSR count). The molecule has 1 unspecified atom stereocenters. The number of hydrogen-bond donors (Lipinski definition) is 1. The van der Waals surface area contributed by atoms with Crippen molar-refractivity contribution in [2.45, 2.75) is 25.8 Å². The fourth-order valence-electron chi connectivity index (χ4n) is 3.62. The van der Waals surface area contributed by atoms with Gasteiger partial charge >= 0.3 is 0 Å². The van der Waals surface area contributed by atoms with Gasteiger partial charge in [-0.25, -0.2) is 0 Å². The van der Waals surface area contributed by atoms with E-state index in [0.717, 1.165) is 32.5 Å². The van der Waals surface area contributed by atoms with Crippen molar-refractivity contribution in [3.05, 3.63) is 109 Å². The SMILES string of the molecule is C=CCCN(/C=C\CNC(C)c1cccc2ccccc12)CCc1ccccc1. The lowest BCUT2D eigenvalue weighted by atomic mass is 10.00. The first-order valence-corrected chi connectivity index (χ1v) is 10.5. The van der Waals surface area contributed by atoms with Gasteiger partial charge in [0.2, 0.25) is 0 Å². The number of rotatable bonds is 11. The average Bonchev–Trinajstić information content (AvgIpc) is 2.78. The van der Waals surface area contributed by atoms with Gasteiger partial charge in [-0.3, -0.25) is 0 Å². The highest BCUT2D eigenvalue weighted by Crippen LogP contribution is 2.23. The molecule has 0 heterocycles. The van der Waals surface area contributed by atoms with E-state index in [0.29, 0.717) is 6.04 Å². The zero-order valence-electron chi connectivity index (χ0n) is 17.4. The van der Waals surface area contributed by atoms with Crippen molar-refractivity contribution in [2.24, 2.45) is 0 Å². The molecule has 0 saturated heterocycles. The van der Waals surface area contributed by atoms with Crippen LogP contribution >= 0.6 is 0 Å². The maximum absolute atomic E-state index is 3.87. The third-order valence-electron chi connectivity index (χ3n) is 5.30. The zero-order chi connectivity index (χ0) is 20.3. The Balaban J connectivity index is 1.54. The Labute approximate surface area is 175 Å². The Bertz CT molecular complexity index is 909. The standard InChI is InChI=1S/C27H32N2/c1-3-4-20-29(22-18-24-12-6-5-7-13-24)21-11-19-28-23(2)26-17-10-15-25-14-8-9-16-27(25)26/h3,5-17,21,23,28H,1,4,18-20,22H2,2H3/b21-11-. The van der Waals surface area contributed by atoms with Crippen LogP contribution in [0.25, 0.3) is 10.8 Å². The predicted octanol–water partition coefficient (Wildman–Crippen LogP) is 6.12. The van der Waals surface area contributed by atoms with Crippen molar-refractivity contribution >= 4 is 10.8 Å². The molecular formula is C27H32N2. The van der Waals surface area contributed by atoms with Crippen LogP contribution < -0.4 is 5.32 Å². The molecule has 0 spiro atoms. The van der Waals surface area contributed by atoms with Crippen LogP contribution in [-0.2, 0) is 6.42 Å². The molecular weight excluding hydrogens is 352 g/mol. The van der Waals surface area contributed by atoms with Crippen molar-refractivity contribution in [1.29, 1.82) is 0 Å². The maximum atomic E-state index is 3.87. The van der Waals surface area contributed by atoms with Gasteiger partial charge in [0.25, 0.3) is 0 Å². The highest BCUT2D eigenvalue weighted by Gasteiger charge is 2.07. The number of nitrogens with zero attached hydrogens (tertiary/aromatic N) is 1. The minimum Gasteiger partial charge on any atom is -0.377 e. The quantitative estimate of drug-likeness (QED) is 0.400. The molecule has 3 aromatic carbocycles. The van der Waals surface area contributed by atoms with Gasteiger partial charge in [0.05, 0.1) is 0 Å². The highest BCUT2D eigenvalue weighted by atomic mass is 15.1. The van der Waals surface area contributed by atoms with Crippen molar-refractivity contribution in [3.8, 4) is 0 Å². The van der Waals surface area contributed by atoms with Crippen molar-refractivity contribution in [1.82, 2.24) is 10.2 Å². The lowest BCUT2D eigenvalue weighted by Gasteiger charge is -2.20. The Hall–Kier alpha value is -2.84. The van der Waals surface area contributed by atoms with Crippen LogP contribution in [0.5, 0.6) is 0 Å². The first kappa shape index (κ1) is 20.9. The molecule has 29 heavy (non-hydrogen) atoms. The van der Waals surface area contributed by atoms with Crippen LogP contribution in [0.4, 0.5) is 0 Å². The minimum atomic E-state index is 0.302. The summed E-state index contributed by atoms with van der Waals surface area (Å²) in [6, 6.07) is 26.1. The Morgan fingerprint density at radius 2 is 1.69 bits per heavy atom. The summed E-state index contributed by atoms with van der Waals surface area (Å²) in [5, 5.41) is 6.27. The van der Waals surface area contributed by atoms with Crippen molar-refractivity contribution < 1.29 is 0 Å². The van der Waals surface area contributed by atoms with Gasteiger partial charge in [-0.1, -0.05) is 84.9 Å². The monoisotopic (exact) mass is 384 g/mol. The van der Waals surface area contributed by atoms with E-state index in [1.54, 1.807) is 0 Å². The summed E-state index contributed by atoms with van der Waals surface area (Å²) in [7, 11) is 0. The molecule has 150 valence electrons. The number of benzene rings is 3. The van der Waals surface area contributed by atoms with Gasteiger partial charge in [0.1, 0.15) is 0 Å². The second-order valence-electron chi connectivity index (χ2n) is 7.43. The molecule has 0 radical (unpaired) electrons. The Kier molecular flexibility index (Phi) is 8.09. The van der Waals surface area contributed by atoms with Gasteiger partial charge in [-0.2, -0.15) is 0 Å². The first-order valence-electron chi connectivity index (χ1n) is 10.5. The summed E-state index contributed by atoms with van der Waals surface area (Å²) in [6.45, 7) is 8.98. The van der Waals surface area contributed by atoms with E-state index >= 15 is 0 Å². The molecule has 0 aromatic heterocycles. The lowest BCUT2D eigenvalue weighted by Crippen LogP contribution is -2.23. The zero-order valence-corrected chi connectivity index (χ0v) is 17.4. The van der Waals surface area contributed by atoms with E-state index in [1.165, 1.54) is 21.9 Å². The maximum Gasteiger partial charge on any atom is 0.0300 e. The molecule has 0 saturated carbocycles. The molecule has 0 bridgehead atoms. The summed E-state index contributed by atoms with van der Waals surface area (Å²) < 4.78 is 0. The first-order chi connectivity index (χ1) is 14.3. The second kappa shape index (κ2) is 11.2. The van der Waals surface area contributed by atoms with Crippen molar-refractivity contribution in [2.75, 3.05) is 19.6 Å². The molecule has 1 N–H and O–H groups in total. The molecule has 0 amide bonds. The lowest BCUT2D eigenvalue weighted by molar-refractivity contribution is 0.385. The minimum absolute atomic E-state index is 0.302. The number of hydrogen-bond acceptors (Lipinski definition) is 2. The number of nitrogens with one attached hydrogen (secondary N) is 1. The summed E-state index contributed by atoms with van der Waals surface area (Å²) in [6.07, 6.45) is 8.51. The molecule has 2 heteroatoms. The van der Waals surface area contributed by atoms with Gasteiger partial charge in [0, 0.05) is 25.7 Å². The molecule has 0 aliphatic carbocycles. The van der Waals surface area contributed by atoms with E-state index in [9.17, 15) is 0 Å². The third-order valence-corrected chi connectivity index (χ3v) is 5.30. The van der Waals surface area contributed by atoms with Gasteiger partial charge in [0.15, 0.2) is 0 Å². The van der Waals surface area contributed by atoms with Gasteiger partial charge < -0.3 is 10.2 Å². The summed E-state index contributed by atoms with van der Waals surface area (Å²) in [5.41, 5.74) is 2.73. The van der Waals surface area contributed by atoms with Gasteiger partial charge in [-0.05, 0) is 47.9 Å². The van der Waals surface area contributed by atoms with Crippen LogP contribution in [0.1, 0.15) is 30.5 Å². The topological polar surface area (TPSA) is 15.3 Å². The van der Waals surface area contributed by atoms with E-state index in [4.69, 9.17) is 0 Å². The van der Waals surface area contributed by atoms with Crippen LogP contribution in [-0.4, -0.2) is 24.5 Å². The number of fused-ring (bicyclic) bond motifs is 1. The fraction of sp³-hybridized carbons (Fsp3) is 0.259. The molecule has 1 atom stereocenters. The third kappa shape index (κ3) is 6.33. The van der Waals surface area contributed by atoms with Crippen LogP contribution in [0.15, 0.2) is 97.7 Å². The molecule has 0 aliphatic rings. The van der Waals surface area contributed by atoms with Crippen molar-refractivity contribution in [3.63, 3.8) is 0 Å². The molecule has 2 nitrogen and oxygen atoms in total. The predicted molar refractivity (Wildman–Crippen MR) is 126 cm³/mol. The summed E-state index contributed by atoms with van der Waals surface area (Å²) in [4.78, 5) is 2.39. The van der Waals surface area contributed by atoms with Gasteiger partial charge in [-0.15, -0.1) is 6.58 Å². The smallest absolute Gasteiger partial charge is 0.0300 e. The van der Waals surface area contributed by atoms with Crippen LogP contribution in [0, 0.1) is 0 Å². The van der Waals surface area contributed by atoms with E-state index in [1.807, 2.05) is 6.08 Å². The summed E-state index contributed by atoms with van der Waals surface area (Å²) in [5.74, 6) is 0. The van der Waals surface area contributed by atoms with E-state index < -0.39 is 0 Å². The Morgan fingerprint density at radius 3 is 2.52 bits per heavy atom.